The third kappa shape index (κ3) is 7.47. The maximum absolute atomic E-state index is 13.6. The molecule has 1 fully saturated rings. The lowest BCUT2D eigenvalue weighted by molar-refractivity contribution is -0.143. The molecule has 1 heterocycles. The first-order valence-corrected chi connectivity index (χ1v) is 13.0. The Morgan fingerprint density at radius 2 is 1.69 bits per heavy atom. The molecule has 5 heteroatoms. The summed E-state index contributed by atoms with van der Waals surface area (Å²) in [4.78, 5) is 33.0. The van der Waals surface area contributed by atoms with Gasteiger partial charge in [0, 0.05) is 28.8 Å². The summed E-state index contributed by atoms with van der Waals surface area (Å²) in [6.45, 7) is 5.61. The number of hydrogen-bond donors (Lipinski definition) is 0. The van der Waals surface area contributed by atoms with Gasteiger partial charge in [0.05, 0.1) is 6.54 Å². The Bertz CT molecular complexity index is 842. The maximum atomic E-state index is 13.6. The predicted octanol–water partition coefficient (Wildman–Crippen LogP) is 6.33. The van der Waals surface area contributed by atoms with E-state index in [4.69, 9.17) is 0 Å². The van der Waals surface area contributed by atoms with Crippen LogP contribution in [0.3, 0.4) is 0 Å². The lowest BCUT2D eigenvalue weighted by Crippen LogP contribution is -2.47. The Balaban J connectivity index is 1.75. The van der Waals surface area contributed by atoms with Crippen molar-refractivity contribution in [3.63, 3.8) is 0 Å². The highest BCUT2D eigenvalue weighted by Crippen LogP contribution is 2.25. The minimum atomic E-state index is 0.0503. The molecule has 3 rings (SSSR count). The first kappa shape index (κ1) is 24.5. The number of hydrogen-bond acceptors (Lipinski definition) is 3. The molecule has 1 aromatic carbocycles. The zero-order chi connectivity index (χ0) is 22.8. The smallest absolute Gasteiger partial charge is 0.242 e. The van der Waals surface area contributed by atoms with Crippen molar-refractivity contribution in [2.75, 3.05) is 6.54 Å². The van der Waals surface area contributed by atoms with Gasteiger partial charge in [0.2, 0.25) is 11.8 Å². The van der Waals surface area contributed by atoms with Crippen LogP contribution in [0.4, 0.5) is 0 Å². The van der Waals surface area contributed by atoms with Crippen LogP contribution in [0, 0.1) is 6.92 Å². The summed E-state index contributed by atoms with van der Waals surface area (Å²) >= 11 is 1.74. The fraction of sp³-hybridized carbons (Fsp3) is 0.556. The van der Waals surface area contributed by atoms with Gasteiger partial charge in [-0.05, 0) is 43.9 Å². The van der Waals surface area contributed by atoms with Crippen LogP contribution in [-0.2, 0) is 22.7 Å². The van der Waals surface area contributed by atoms with Gasteiger partial charge in [-0.25, -0.2) is 0 Å². The maximum Gasteiger partial charge on any atom is 0.242 e. The molecule has 4 nitrogen and oxygen atoms in total. The fourth-order valence-electron chi connectivity index (χ4n) is 4.52. The molecule has 2 amide bonds. The van der Waals surface area contributed by atoms with Gasteiger partial charge in [0.15, 0.2) is 0 Å². The Morgan fingerprint density at radius 1 is 0.938 bits per heavy atom. The number of amides is 2. The minimum absolute atomic E-state index is 0.0503. The molecule has 1 aliphatic rings. The van der Waals surface area contributed by atoms with Crippen LogP contribution in [0.5, 0.6) is 0 Å². The second-order valence-electron chi connectivity index (χ2n) is 9.02. The Hall–Kier alpha value is -2.14. The third-order valence-electron chi connectivity index (χ3n) is 6.35. The van der Waals surface area contributed by atoms with Crippen molar-refractivity contribution >= 4 is 23.2 Å². The van der Waals surface area contributed by atoms with Gasteiger partial charge in [-0.2, -0.15) is 0 Å². The summed E-state index contributed by atoms with van der Waals surface area (Å²) < 4.78 is 0. The standard InChI is InChI=1S/C27H38N2O2S/c1-3-4-7-16-26(30)29(24-14-10-6-11-15-24)21-27(31)28(19-23-12-8-5-9-13-23)20-25-18-17-22(2)32-25/h5,8-9,12-13,17-18,24H,3-4,6-7,10-11,14-16,19-21H2,1-2H3. The highest BCUT2D eigenvalue weighted by molar-refractivity contribution is 7.11. The van der Waals surface area contributed by atoms with Crippen LogP contribution in [0.25, 0.3) is 0 Å². The highest BCUT2D eigenvalue weighted by atomic mass is 32.1. The molecule has 0 unspecified atom stereocenters. The van der Waals surface area contributed by atoms with E-state index in [1.54, 1.807) is 11.3 Å². The van der Waals surface area contributed by atoms with Crippen LogP contribution in [0.1, 0.15) is 80.0 Å². The number of unbranched alkanes of at least 4 members (excludes halogenated alkanes) is 2. The molecule has 0 atom stereocenters. The molecular formula is C27H38N2O2S. The van der Waals surface area contributed by atoms with Crippen molar-refractivity contribution in [2.24, 2.45) is 0 Å². The number of thiophene rings is 1. The first-order chi connectivity index (χ1) is 15.6. The molecule has 0 spiro atoms. The molecule has 0 saturated heterocycles. The molecule has 32 heavy (non-hydrogen) atoms. The van der Waals surface area contributed by atoms with Crippen LogP contribution in [0.15, 0.2) is 42.5 Å². The SMILES string of the molecule is CCCCCC(=O)N(CC(=O)N(Cc1ccccc1)Cc1ccc(C)s1)C1CCCCC1. The van der Waals surface area contributed by atoms with E-state index in [1.165, 1.54) is 16.2 Å². The van der Waals surface area contributed by atoms with E-state index in [9.17, 15) is 9.59 Å². The number of benzene rings is 1. The van der Waals surface area contributed by atoms with E-state index < -0.39 is 0 Å². The van der Waals surface area contributed by atoms with E-state index in [2.05, 4.69) is 38.1 Å². The van der Waals surface area contributed by atoms with Crippen LogP contribution >= 0.6 is 11.3 Å². The van der Waals surface area contributed by atoms with E-state index in [1.807, 2.05) is 28.0 Å². The molecule has 2 aromatic rings. The minimum Gasteiger partial charge on any atom is -0.332 e. The van der Waals surface area contributed by atoms with Gasteiger partial charge >= 0.3 is 0 Å². The highest BCUT2D eigenvalue weighted by Gasteiger charge is 2.29. The Kier molecular flexibility index (Phi) is 9.79. The average molecular weight is 455 g/mol. The van der Waals surface area contributed by atoms with Crippen LogP contribution in [0.2, 0.25) is 0 Å². The molecule has 0 bridgehead atoms. The second kappa shape index (κ2) is 12.8. The molecule has 1 aliphatic carbocycles. The predicted molar refractivity (Wildman–Crippen MR) is 132 cm³/mol. The Labute approximate surface area is 197 Å². The molecule has 1 saturated carbocycles. The first-order valence-electron chi connectivity index (χ1n) is 12.2. The quantitative estimate of drug-likeness (QED) is 0.372. The number of carbonyl (C=O) groups is 2. The van der Waals surface area contributed by atoms with Crippen molar-refractivity contribution < 1.29 is 9.59 Å². The third-order valence-corrected chi connectivity index (χ3v) is 7.33. The summed E-state index contributed by atoms with van der Waals surface area (Å²) in [7, 11) is 0. The summed E-state index contributed by atoms with van der Waals surface area (Å²) in [6, 6.07) is 14.6. The van der Waals surface area contributed by atoms with E-state index in [0.717, 1.165) is 50.5 Å². The van der Waals surface area contributed by atoms with Gasteiger partial charge in [-0.3, -0.25) is 9.59 Å². The van der Waals surface area contributed by atoms with Crippen molar-refractivity contribution in [3.05, 3.63) is 57.8 Å². The fourth-order valence-corrected chi connectivity index (χ4v) is 5.43. The number of rotatable bonds is 11. The number of carbonyl (C=O) groups excluding carboxylic acids is 2. The molecule has 1 aromatic heterocycles. The zero-order valence-electron chi connectivity index (χ0n) is 19.7. The topological polar surface area (TPSA) is 40.6 Å². The number of nitrogens with zero attached hydrogens (tertiary/aromatic N) is 2. The van der Waals surface area contributed by atoms with Crippen LogP contribution in [-0.4, -0.2) is 34.2 Å². The molecule has 174 valence electrons. The Morgan fingerprint density at radius 3 is 2.34 bits per heavy atom. The van der Waals surface area contributed by atoms with Crippen molar-refractivity contribution in [1.29, 1.82) is 0 Å². The molecule has 0 aliphatic heterocycles. The summed E-state index contributed by atoms with van der Waals surface area (Å²) in [5.74, 6) is 0.208. The van der Waals surface area contributed by atoms with Gasteiger partial charge in [0.25, 0.3) is 0 Å². The van der Waals surface area contributed by atoms with E-state index >= 15 is 0 Å². The average Bonchev–Trinajstić information content (AvgIpc) is 3.22. The van der Waals surface area contributed by atoms with Crippen molar-refractivity contribution in [1.82, 2.24) is 9.80 Å². The summed E-state index contributed by atoms with van der Waals surface area (Å²) in [5.41, 5.74) is 1.12. The van der Waals surface area contributed by atoms with E-state index in [0.29, 0.717) is 19.5 Å². The lowest BCUT2D eigenvalue weighted by Gasteiger charge is -2.35. The van der Waals surface area contributed by atoms with Gasteiger partial charge in [-0.1, -0.05) is 69.4 Å². The van der Waals surface area contributed by atoms with Gasteiger partial charge in [0.1, 0.15) is 6.54 Å². The van der Waals surface area contributed by atoms with Crippen molar-refractivity contribution in [3.8, 4) is 0 Å². The molecular weight excluding hydrogens is 416 g/mol. The van der Waals surface area contributed by atoms with Gasteiger partial charge in [-0.15, -0.1) is 11.3 Å². The zero-order valence-corrected chi connectivity index (χ0v) is 20.5. The van der Waals surface area contributed by atoms with Crippen molar-refractivity contribution in [2.45, 2.75) is 90.8 Å². The number of aryl methyl sites for hydroxylation is 1. The monoisotopic (exact) mass is 454 g/mol. The normalized spacial score (nSPS) is 14.3. The largest absolute Gasteiger partial charge is 0.332 e. The summed E-state index contributed by atoms with van der Waals surface area (Å²) in [5, 5.41) is 0. The molecule has 0 radical (unpaired) electrons. The molecule has 0 N–H and O–H groups in total. The van der Waals surface area contributed by atoms with Crippen LogP contribution < -0.4 is 0 Å². The van der Waals surface area contributed by atoms with E-state index in [-0.39, 0.29) is 24.4 Å². The lowest BCUT2D eigenvalue weighted by atomic mass is 9.93. The summed E-state index contributed by atoms with van der Waals surface area (Å²) in [6.07, 6.45) is 9.22. The van der Waals surface area contributed by atoms with Gasteiger partial charge < -0.3 is 9.80 Å². The second-order valence-corrected chi connectivity index (χ2v) is 10.4.